The Morgan fingerprint density at radius 3 is 2.01 bits per heavy atom. The third-order valence-corrected chi connectivity index (χ3v) is 20.4. The Morgan fingerprint density at radius 2 is 1.40 bits per heavy atom. The van der Waals surface area contributed by atoms with Crippen molar-refractivity contribution in [1.82, 2.24) is 0 Å². The second kappa shape index (κ2) is 27.4. The number of carbonyl (C=O) groups is 4. The molecule has 2 amide bonds. The van der Waals surface area contributed by atoms with Crippen molar-refractivity contribution >= 4 is 56.0 Å². The predicted octanol–water partition coefficient (Wildman–Crippen LogP) is 16.5. The zero-order valence-corrected chi connectivity index (χ0v) is 57.0. The normalized spacial score (nSPS) is 25.9. The van der Waals surface area contributed by atoms with Crippen LogP contribution in [-0.2, 0) is 42.3 Å². The van der Waals surface area contributed by atoms with Crippen LogP contribution in [0.1, 0.15) is 203 Å². The standard InChI is InChI=1S/C37H59NO8Si.C31H45NO6/c1-23(25(3)46-47(14,15)35(7,8)9)19-20-24(2)31-28(41-36(10,11)43-31)18-16-17-26-21-27(38-33(40)45-34(4,5)6)22-29-30(26)32(39)44-37(12,13)42-29;1-11-32(29(34)38-30(6,7)8)24-17-21(4)26-23(18-24)13-12-14-25-27(37-31(9,10)36-25)20(3)16-15-19(2)22(5)35-28(26)33/h16-17,19-25,28,31H,18H2,1-15H3,(H,38,40);12-13,15-20,22,25,27H,11,14H2,1-10H3/b17-16+,20-19-;13-12+,16-15-/t23-,24-,25+,28+,31-;19-,20-,22+,25+,27-/m11/s1. The lowest BCUT2D eigenvalue weighted by molar-refractivity contribution is -0.148. The average Bonchev–Trinajstić information content (AvgIpc) is 2.07. The number of fused-ring (bicyclic) bond motifs is 3. The minimum absolute atomic E-state index is 0.0134. The fraction of sp³-hybridized carbons (Fsp3) is 0.647. The number of cyclic esters (lactones) is 2. The summed E-state index contributed by atoms with van der Waals surface area (Å²) in [7, 11) is -1.88. The zero-order chi connectivity index (χ0) is 64.2. The van der Waals surface area contributed by atoms with Gasteiger partial charge in [-0.05, 0) is 169 Å². The van der Waals surface area contributed by atoms with Gasteiger partial charge in [-0.3, -0.25) is 10.2 Å². The van der Waals surface area contributed by atoms with E-state index < -0.39 is 55.0 Å². The van der Waals surface area contributed by atoms with Gasteiger partial charge in [0.25, 0.3) is 0 Å². The summed E-state index contributed by atoms with van der Waals surface area (Å²) in [5.41, 5.74) is 2.53. The number of amides is 2. The monoisotopic (exact) mass is 1200 g/mol. The molecule has 474 valence electrons. The van der Waals surface area contributed by atoms with Gasteiger partial charge in [-0.2, -0.15) is 0 Å². The van der Waals surface area contributed by atoms with Crippen LogP contribution in [0.3, 0.4) is 0 Å². The first-order valence-corrected chi connectivity index (χ1v) is 33.4. The highest BCUT2D eigenvalue weighted by molar-refractivity contribution is 6.74. The van der Waals surface area contributed by atoms with Gasteiger partial charge in [-0.1, -0.05) is 97.1 Å². The second-order valence-electron chi connectivity index (χ2n) is 28.4. The lowest BCUT2D eigenvalue weighted by Crippen LogP contribution is -2.44. The van der Waals surface area contributed by atoms with Crippen molar-refractivity contribution in [3.05, 3.63) is 88.5 Å². The average molecular weight is 1200 g/mol. The number of hydrogen-bond acceptors (Lipinski definition) is 14. The SMILES string of the molecule is CCN(C(=O)OC(C)(C)C)c1cc(C)c2c(c1)/C=C/C[C@@H]1OC(C)(C)O[C@@H]1[C@H](C)/C=C\[C@@H](C)[C@H](C)OC2=O.C[C@H](/C=C\[C@@H](C)[C@H](C)O[Si](C)(C)C(C)(C)C)[C@H]1OC(C)(C)O[C@H]1C/C=C/c1cc(NC(=O)OC(C)(C)C)cc2c1C(=O)OC(C)(C)O2. The number of ether oxygens (including phenoxy) is 9. The molecule has 0 radical (unpaired) electrons. The Kier molecular flexibility index (Phi) is 22.7. The molecule has 2 aromatic carbocycles. The summed E-state index contributed by atoms with van der Waals surface area (Å²) in [6.07, 6.45) is 15.6. The van der Waals surface area contributed by atoms with Crippen LogP contribution < -0.4 is 15.0 Å². The molecule has 4 aliphatic heterocycles. The van der Waals surface area contributed by atoms with Crippen LogP contribution in [0.15, 0.2) is 60.7 Å². The van der Waals surface area contributed by atoms with E-state index in [1.807, 2.05) is 113 Å². The highest BCUT2D eigenvalue weighted by atomic mass is 28.4. The van der Waals surface area contributed by atoms with Gasteiger partial charge in [0.1, 0.15) is 28.6 Å². The summed E-state index contributed by atoms with van der Waals surface area (Å²) >= 11 is 0. The van der Waals surface area contributed by atoms with E-state index >= 15 is 0 Å². The van der Waals surface area contributed by atoms with E-state index in [4.69, 9.17) is 47.1 Å². The Labute approximate surface area is 510 Å². The molecule has 1 N–H and O–H groups in total. The van der Waals surface area contributed by atoms with Gasteiger partial charge in [0, 0.05) is 61.7 Å². The van der Waals surface area contributed by atoms with Crippen LogP contribution in [0.4, 0.5) is 21.0 Å². The van der Waals surface area contributed by atoms with Gasteiger partial charge in [-0.25, -0.2) is 19.2 Å². The van der Waals surface area contributed by atoms with Gasteiger partial charge in [0.05, 0.1) is 30.0 Å². The quantitative estimate of drug-likeness (QED) is 0.0919. The molecule has 16 nitrogen and oxygen atoms in total. The molecule has 0 unspecified atom stereocenters. The van der Waals surface area contributed by atoms with Crippen LogP contribution in [-0.4, -0.2) is 104 Å². The maximum absolute atomic E-state index is 13.4. The van der Waals surface area contributed by atoms with Crippen molar-refractivity contribution in [3.8, 4) is 5.75 Å². The molecule has 2 saturated heterocycles. The molecule has 0 aromatic heterocycles. The van der Waals surface area contributed by atoms with Crippen LogP contribution in [0.2, 0.25) is 18.1 Å². The Morgan fingerprint density at radius 1 is 0.776 bits per heavy atom. The second-order valence-corrected chi connectivity index (χ2v) is 33.1. The molecule has 0 bridgehead atoms. The van der Waals surface area contributed by atoms with E-state index in [1.54, 1.807) is 51.7 Å². The number of nitrogens with one attached hydrogen (secondary N) is 1. The van der Waals surface area contributed by atoms with Crippen LogP contribution in [0, 0.1) is 30.6 Å². The van der Waals surface area contributed by atoms with Crippen LogP contribution in [0.25, 0.3) is 12.2 Å². The molecule has 0 saturated carbocycles. The lowest BCUT2D eigenvalue weighted by Gasteiger charge is -2.39. The van der Waals surface area contributed by atoms with Crippen molar-refractivity contribution in [2.75, 3.05) is 16.8 Å². The zero-order valence-electron chi connectivity index (χ0n) is 56.0. The van der Waals surface area contributed by atoms with E-state index in [2.05, 4.69) is 91.2 Å². The van der Waals surface area contributed by atoms with Gasteiger partial charge >= 0.3 is 24.1 Å². The molecule has 4 aliphatic rings. The van der Waals surface area contributed by atoms with E-state index in [9.17, 15) is 19.2 Å². The third-order valence-electron chi connectivity index (χ3n) is 15.8. The minimum atomic E-state index is -1.88. The van der Waals surface area contributed by atoms with E-state index in [0.717, 1.165) is 5.56 Å². The summed E-state index contributed by atoms with van der Waals surface area (Å²) in [5.74, 6) is -2.68. The van der Waals surface area contributed by atoms with Crippen molar-refractivity contribution < 1.29 is 66.2 Å². The first-order valence-electron chi connectivity index (χ1n) is 30.5. The van der Waals surface area contributed by atoms with Gasteiger partial charge < -0.3 is 47.1 Å². The molecule has 17 heteroatoms. The molecule has 2 aromatic rings. The summed E-state index contributed by atoms with van der Waals surface area (Å²) < 4.78 is 60.4. The molecule has 2 fully saturated rings. The van der Waals surface area contributed by atoms with E-state index in [-0.39, 0.29) is 76.9 Å². The van der Waals surface area contributed by atoms with Gasteiger partial charge in [0.15, 0.2) is 19.9 Å². The maximum Gasteiger partial charge on any atom is 0.414 e. The maximum atomic E-state index is 13.4. The van der Waals surface area contributed by atoms with Crippen molar-refractivity contribution in [2.45, 2.75) is 255 Å². The Hall–Kier alpha value is -5.30. The first-order chi connectivity index (χ1) is 38.9. The van der Waals surface area contributed by atoms with Gasteiger partial charge in [0.2, 0.25) is 5.79 Å². The Bertz CT molecular complexity index is 2810. The molecule has 4 heterocycles. The van der Waals surface area contributed by atoms with E-state index in [0.29, 0.717) is 53.2 Å². The summed E-state index contributed by atoms with van der Waals surface area (Å²) in [6, 6.07) is 7.00. The van der Waals surface area contributed by atoms with Gasteiger partial charge in [-0.15, -0.1) is 0 Å². The Balaban J connectivity index is 0.000000318. The fourth-order valence-electron chi connectivity index (χ4n) is 10.2. The molecule has 10 atom stereocenters. The summed E-state index contributed by atoms with van der Waals surface area (Å²) in [5, 5.41) is 2.91. The third kappa shape index (κ3) is 19.9. The largest absolute Gasteiger partial charge is 0.458 e. The number of carbonyl (C=O) groups excluding carboxylic acids is 4. The number of nitrogens with zero attached hydrogens (tertiary/aromatic N) is 1. The van der Waals surface area contributed by atoms with Crippen molar-refractivity contribution in [2.24, 2.45) is 23.7 Å². The molecular weight excluding hydrogens is 1100 g/mol. The molecule has 0 spiro atoms. The number of rotatable bonds is 12. The molecule has 0 aliphatic carbocycles. The molecule has 6 rings (SSSR count). The number of anilines is 2. The number of aryl methyl sites for hydroxylation is 1. The first kappa shape index (κ1) is 70.5. The lowest BCUT2D eigenvalue weighted by atomic mass is 9.93. The summed E-state index contributed by atoms with van der Waals surface area (Å²) in [4.78, 5) is 53.6. The smallest absolute Gasteiger partial charge is 0.414 e. The number of hydrogen-bond donors (Lipinski definition) is 1. The fourth-order valence-corrected chi connectivity index (χ4v) is 11.7. The van der Waals surface area contributed by atoms with Crippen LogP contribution in [0.5, 0.6) is 5.75 Å². The molecular formula is C68H104N2O14Si. The van der Waals surface area contributed by atoms with Crippen LogP contribution >= 0.6 is 0 Å². The summed E-state index contributed by atoms with van der Waals surface area (Å²) in [6.45, 7) is 50.0. The number of benzene rings is 2. The number of esters is 2. The highest BCUT2D eigenvalue weighted by Crippen LogP contribution is 2.41. The predicted molar refractivity (Wildman–Crippen MR) is 339 cm³/mol. The molecule has 85 heavy (non-hydrogen) atoms. The highest BCUT2D eigenvalue weighted by Gasteiger charge is 2.45. The van der Waals surface area contributed by atoms with E-state index in [1.165, 1.54) is 0 Å². The minimum Gasteiger partial charge on any atom is -0.458 e. The van der Waals surface area contributed by atoms with Crippen molar-refractivity contribution in [3.63, 3.8) is 0 Å². The van der Waals surface area contributed by atoms with Crippen molar-refractivity contribution in [1.29, 1.82) is 0 Å². The topological polar surface area (TPSA) is 176 Å².